The first-order valence-electron chi connectivity index (χ1n) is 7.71. The van der Waals surface area contributed by atoms with Crippen LogP contribution in [0.4, 0.5) is 0 Å². The summed E-state index contributed by atoms with van der Waals surface area (Å²) in [5.74, 6) is -0.247. The first-order valence-corrected chi connectivity index (χ1v) is 7.71. The minimum absolute atomic E-state index is 0.158. The van der Waals surface area contributed by atoms with Crippen LogP contribution in [0.1, 0.15) is 11.1 Å². The Kier molecular flexibility index (Phi) is 4.61. The molecule has 0 unspecified atom stereocenters. The number of amides is 1. The number of carbonyl (C=O) groups is 2. The summed E-state index contributed by atoms with van der Waals surface area (Å²) in [6, 6.07) is 14.9. The van der Waals surface area contributed by atoms with E-state index in [0.29, 0.717) is 5.75 Å². The Balaban J connectivity index is 1.52. The molecule has 0 spiro atoms. The molecule has 0 atom stereocenters. The van der Waals surface area contributed by atoms with Gasteiger partial charge in [0.25, 0.3) is 0 Å². The number of ether oxygens (including phenoxy) is 1. The molecule has 3 rings (SSSR count). The van der Waals surface area contributed by atoms with Crippen molar-refractivity contribution in [1.29, 1.82) is 0 Å². The van der Waals surface area contributed by atoms with Gasteiger partial charge in [0.15, 0.2) is 0 Å². The second kappa shape index (κ2) is 7.00. The molecule has 2 aromatic carbocycles. The number of aryl methyl sites for hydroxylation is 1. The van der Waals surface area contributed by atoms with Gasteiger partial charge in [0.1, 0.15) is 12.3 Å². The fourth-order valence-corrected chi connectivity index (χ4v) is 2.46. The van der Waals surface area contributed by atoms with Crippen LogP contribution in [0.25, 0.3) is 10.9 Å². The van der Waals surface area contributed by atoms with E-state index in [2.05, 4.69) is 10.3 Å². The highest BCUT2D eigenvalue weighted by Gasteiger charge is 2.11. The zero-order valence-electron chi connectivity index (χ0n) is 13.3. The average molecular weight is 322 g/mol. The molecule has 3 aromatic rings. The molecule has 24 heavy (non-hydrogen) atoms. The van der Waals surface area contributed by atoms with Crippen LogP contribution < -0.4 is 10.1 Å². The maximum absolute atomic E-state index is 12.0. The fourth-order valence-electron chi connectivity index (χ4n) is 2.46. The second-order valence-electron chi connectivity index (χ2n) is 5.60. The molecule has 0 fully saturated rings. The second-order valence-corrected chi connectivity index (χ2v) is 5.60. The smallest absolute Gasteiger partial charge is 0.330 e. The van der Waals surface area contributed by atoms with Gasteiger partial charge >= 0.3 is 5.97 Å². The van der Waals surface area contributed by atoms with Gasteiger partial charge in [-0.15, -0.1) is 0 Å². The van der Waals surface area contributed by atoms with E-state index in [4.69, 9.17) is 4.74 Å². The minimum atomic E-state index is -0.494. The van der Waals surface area contributed by atoms with Crippen LogP contribution in [0.5, 0.6) is 5.75 Å². The van der Waals surface area contributed by atoms with Crippen LogP contribution >= 0.6 is 0 Å². The third kappa shape index (κ3) is 3.81. The summed E-state index contributed by atoms with van der Waals surface area (Å²) in [6.07, 6.45) is 2.02. The quantitative estimate of drug-likeness (QED) is 0.560. The predicted octanol–water partition coefficient (Wildman–Crippen LogP) is 2.74. The van der Waals surface area contributed by atoms with Crippen molar-refractivity contribution >= 4 is 22.8 Å². The maximum Gasteiger partial charge on any atom is 0.330 e. The van der Waals surface area contributed by atoms with Gasteiger partial charge in [-0.2, -0.15) is 0 Å². The van der Waals surface area contributed by atoms with E-state index in [-0.39, 0.29) is 18.9 Å². The molecule has 0 saturated heterocycles. The Morgan fingerprint density at radius 2 is 1.83 bits per heavy atom. The van der Waals surface area contributed by atoms with E-state index in [9.17, 15) is 9.59 Å². The van der Waals surface area contributed by atoms with E-state index in [0.717, 1.165) is 22.0 Å². The molecule has 1 heterocycles. The molecule has 1 amide bonds. The van der Waals surface area contributed by atoms with Crippen molar-refractivity contribution < 1.29 is 14.3 Å². The van der Waals surface area contributed by atoms with E-state index in [1.54, 1.807) is 12.1 Å². The van der Waals surface area contributed by atoms with Crippen LogP contribution in [0, 0.1) is 6.92 Å². The molecule has 0 aliphatic rings. The molecule has 0 radical (unpaired) electrons. The molecule has 0 aliphatic heterocycles. The average Bonchev–Trinajstić information content (AvgIpc) is 2.98. The molecule has 2 N–H and O–H groups in total. The highest BCUT2D eigenvalue weighted by Crippen LogP contribution is 2.18. The van der Waals surface area contributed by atoms with Crippen molar-refractivity contribution in [3.8, 4) is 5.75 Å². The Morgan fingerprint density at radius 1 is 1.08 bits per heavy atom. The third-order valence-electron chi connectivity index (χ3n) is 3.71. The number of benzene rings is 2. The van der Waals surface area contributed by atoms with Gasteiger partial charge in [-0.25, -0.2) is 4.79 Å². The molecular formula is C19H18N2O3. The zero-order chi connectivity index (χ0) is 16.9. The Labute approximate surface area is 139 Å². The number of fused-ring (bicyclic) bond motifs is 1. The molecular weight excluding hydrogens is 304 g/mol. The van der Waals surface area contributed by atoms with E-state index in [1.165, 1.54) is 0 Å². The molecule has 0 saturated carbocycles. The Hall–Kier alpha value is -3.08. The predicted molar refractivity (Wildman–Crippen MR) is 91.8 cm³/mol. The largest absolute Gasteiger partial charge is 0.425 e. The highest BCUT2D eigenvalue weighted by atomic mass is 16.5. The van der Waals surface area contributed by atoms with Crippen LogP contribution in [-0.2, 0) is 16.0 Å². The first-order chi connectivity index (χ1) is 11.6. The SMILES string of the molecule is Cc1ccc(OC(=O)CNC(=O)Cc2c[nH]c3ccccc23)cc1. The minimum Gasteiger partial charge on any atom is -0.425 e. The summed E-state index contributed by atoms with van der Waals surface area (Å²) >= 11 is 0. The van der Waals surface area contributed by atoms with Crippen molar-refractivity contribution in [3.63, 3.8) is 0 Å². The molecule has 0 aliphatic carbocycles. The molecule has 0 bridgehead atoms. The van der Waals surface area contributed by atoms with E-state index in [1.807, 2.05) is 49.5 Å². The molecule has 5 heteroatoms. The molecule has 1 aromatic heterocycles. The fraction of sp³-hybridized carbons (Fsp3) is 0.158. The van der Waals surface area contributed by atoms with Gasteiger partial charge in [-0.3, -0.25) is 4.79 Å². The van der Waals surface area contributed by atoms with Crippen molar-refractivity contribution in [1.82, 2.24) is 10.3 Å². The summed E-state index contributed by atoms with van der Waals surface area (Å²) in [6.45, 7) is 1.80. The standard InChI is InChI=1S/C19H18N2O3/c1-13-6-8-15(9-7-13)24-19(23)12-21-18(22)10-14-11-20-17-5-3-2-4-16(14)17/h2-9,11,20H,10,12H2,1H3,(H,21,22). The summed E-state index contributed by atoms with van der Waals surface area (Å²) < 4.78 is 5.17. The van der Waals surface area contributed by atoms with Crippen molar-refractivity contribution in [2.24, 2.45) is 0 Å². The normalized spacial score (nSPS) is 10.5. The van der Waals surface area contributed by atoms with Crippen LogP contribution in [0.15, 0.2) is 54.7 Å². The van der Waals surface area contributed by atoms with Gasteiger partial charge < -0.3 is 15.0 Å². The highest BCUT2D eigenvalue weighted by molar-refractivity contribution is 5.90. The number of esters is 1. The van der Waals surface area contributed by atoms with Gasteiger partial charge in [0.05, 0.1) is 6.42 Å². The van der Waals surface area contributed by atoms with Gasteiger partial charge in [-0.1, -0.05) is 35.9 Å². The van der Waals surface area contributed by atoms with Crippen LogP contribution in [-0.4, -0.2) is 23.4 Å². The number of para-hydroxylation sites is 1. The number of H-pyrrole nitrogens is 1. The number of rotatable bonds is 5. The molecule has 122 valence electrons. The van der Waals surface area contributed by atoms with Crippen molar-refractivity contribution in [3.05, 3.63) is 65.9 Å². The number of aromatic amines is 1. The summed E-state index contributed by atoms with van der Waals surface area (Å²) in [5.41, 5.74) is 2.97. The summed E-state index contributed by atoms with van der Waals surface area (Å²) in [7, 11) is 0. The Morgan fingerprint density at radius 3 is 2.62 bits per heavy atom. The maximum atomic E-state index is 12.0. The number of carbonyl (C=O) groups excluding carboxylic acids is 2. The van der Waals surface area contributed by atoms with Crippen molar-refractivity contribution in [2.45, 2.75) is 13.3 Å². The summed E-state index contributed by atoms with van der Waals surface area (Å²) in [4.78, 5) is 26.9. The first kappa shape index (κ1) is 15.8. The van der Waals surface area contributed by atoms with Crippen molar-refractivity contribution in [2.75, 3.05) is 6.54 Å². The third-order valence-corrected chi connectivity index (χ3v) is 3.71. The van der Waals surface area contributed by atoms with Gasteiger partial charge in [0, 0.05) is 17.1 Å². The zero-order valence-corrected chi connectivity index (χ0v) is 13.3. The lowest BCUT2D eigenvalue weighted by Crippen LogP contribution is -2.32. The topological polar surface area (TPSA) is 71.2 Å². The van der Waals surface area contributed by atoms with E-state index < -0.39 is 5.97 Å². The van der Waals surface area contributed by atoms with E-state index >= 15 is 0 Å². The summed E-state index contributed by atoms with van der Waals surface area (Å²) in [5, 5.41) is 3.60. The van der Waals surface area contributed by atoms with Gasteiger partial charge in [0.2, 0.25) is 5.91 Å². The molecule has 5 nitrogen and oxygen atoms in total. The number of aromatic nitrogens is 1. The monoisotopic (exact) mass is 322 g/mol. The lowest BCUT2D eigenvalue weighted by molar-refractivity contribution is -0.135. The number of hydrogen-bond donors (Lipinski definition) is 2. The number of hydrogen-bond acceptors (Lipinski definition) is 3. The lowest BCUT2D eigenvalue weighted by Gasteiger charge is -2.06. The van der Waals surface area contributed by atoms with Crippen LogP contribution in [0.3, 0.4) is 0 Å². The Bertz CT molecular complexity index is 866. The number of nitrogens with one attached hydrogen (secondary N) is 2. The lowest BCUT2D eigenvalue weighted by atomic mass is 10.1. The van der Waals surface area contributed by atoms with Gasteiger partial charge in [-0.05, 0) is 30.7 Å². The van der Waals surface area contributed by atoms with Crippen LogP contribution in [0.2, 0.25) is 0 Å².